The maximum atomic E-state index is 13.6. The second-order valence-corrected chi connectivity index (χ2v) is 11.9. The Bertz CT molecular complexity index is 1530. The summed E-state index contributed by atoms with van der Waals surface area (Å²) in [5, 5.41) is 19.7. The second-order valence-electron chi connectivity index (χ2n) is 11.1. The van der Waals surface area contributed by atoms with E-state index in [4.69, 9.17) is 4.98 Å². The number of carbonyl (C=O) groups is 3. The lowest BCUT2D eigenvalue weighted by molar-refractivity contribution is 0.0683. The number of likely N-dealkylation sites (tertiary alicyclic amines) is 1. The first-order chi connectivity index (χ1) is 20.4. The molecule has 42 heavy (non-hydrogen) atoms. The van der Waals surface area contributed by atoms with Crippen LogP contribution in [0.25, 0.3) is 16.9 Å². The van der Waals surface area contributed by atoms with E-state index in [1.807, 2.05) is 35.6 Å². The fourth-order valence-corrected chi connectivity index (χ4v) is 6.05. The van der Waals surface area contributed by atoms with E-state index >= 15 is 0 Å². The predicted molar refractivity (Wildman–Crippen MR) is 161 cm³/mol. The van der Waals surface area contributed by atoms with Gasteiger partial charge in [0, 0.05) is 49.2 Å². The lowest BCUT2D eigenvalue weighted by atomic mass is 9.96. The number of aliphatic hydroxyl groups is 1. The second kappa shape index (κ2) is 13.3. The largest absolute Gasteiger partial charge is 0.394 e. The fourth-order valence-electron chi connectivity index (χ4n) is 5.41. The number of carbonyl (C=O) groups excluding carboxylic acids is 3. The molecule has 0 spiro atoms. The van der Waals surface area contributed by atoms with Crippen molar-refractivity contribution in [2.24, 2.45) is 11.8 Å². The van der Waals surface area contributed by atoms with Gasteiger partial charge in [-0.05, 0) is 66.8 Å². The Kier molecular flexibility index (Phi) is 9.28. The lowest BCUT2D eigenvalue weighted by Crippen LogP contribution is -2.41. The summed E-state index contributed by atoms with van der Waals surface area (Å²) in [5.74, 6) is -0.104. The molecular weight excluding hydrogens is 552 g/mol. The van der Waals surface area contributed by atoms with Crippen molar-refractivity contribution in [2.45, 2.75) is 39.2 Å². The molecule has 10 nitrogen and oxygen atoms in total. The standard InChI is InChI=1S/C31H36N6O4S/c1-20(2)15-24(18-38)34-30(40)27-26(23-9-14-42-19-23)35-28-25(6-4-11-37(27)28)29(39)33-16-21-7-12-36(13-8-21)31(41)22-5-3-10-32-17-22/h3-6,9-11,14,17,19-21,24,38H,7-8,12-13,15-16,18H2,1-2H3,(H,33,39)(H,34,40)/t24-/m0/s1. The molecule has 220 valence electrons. The van der Waals surface area contributed by atoms with E-state index in [1.54, 1.807) is 47.3 Å². The first-order valence-corrected chi connectivity index (χ1v) is 15.2. The average Bonchev–Trinajstić information content (AvgIpc) is 3.68. The number of hydrogen-bond donors (Lipinski definition) is 3. The summed E-state index contributed by atoms with van der Waals surface area (Å²) in [5.41, 5.74) is 2.95. The molecule has 0 bridgehead atoms. The smallest absolute Gasteiger partial charge is 0.270 e. The van der Waals surface area contributed by atoms with Gasteiger partial charge in [-0.15, -0.1) is 0 Å². The van der Waals surface area contributed by atoms with Crippen molar-refractivity contribution in [3.05, 3.63) is 76.5 Å². The van der Waals surface area contributed by atoms with Crippen LogP contribution in [-0.4, -0.2) is 74.4 Å². The lowest BCUT2D eigenvalue weighted by Gasteiger charge is -2.32. The Morgan fingerprint density at radius 2 is 1.93 bits per heavy atom. The van der Waals surface area contributed by atoms with Crippen LogP contribution < -0.4 is 10.6 Å². The van der Waals surface area contributed by atoms with Crippen LogP contribution in [0, 0.1) is 11.8 Å². The van der Waals surface area contributed by atoms with Gasteiger partial charge in [0.1, 0.15) is 11.4 Å². The number of pyridine rings is 2. The molecule has 4 aromatic rings. The molecule has 5 heterocycles. The van der Waals surface area contributed by atoms with E-state index < -0.39 is 6.04 Å². The third-order valence-corrected chi connectivity index (χ3v) is 8.26. The van der Waals surface area contributed by atoms with Crippen LogP contribution in [0.1, 0.15) is 64.3 Å². The number of aliphatic hydroxyl groups excluding tert-OH is 1. The molecule has 1 saturated heterocycles. The van der Waals surface area contributed by atoms with E-state index in [2.05, 4.69) is 15.6 Å². The van der Waals surface area contributed by atoms with Gasteiger partial charge in [0.05, 0.1) is 23.8 Å². The van der Waals surface area contributed by atoms with Crippen LogP contribution in [0.2, 0.25) is 0 Å². The number of amides is 3. The molecule has 0 radical (unpaired) electrons. The minimum absolute atomic E-state index is 0.0210. The summed E-state index contributed by atoms with van der Waals surface area (Å²) in [6.07, 6.45) is 7.17. The summed E-state index contributed by atoms with van der Waals surface area (Å²) >= 11 is 1.50. The highest BCUT2D eigenvalue weighted by atomic mass is 32.1. The molecule has 5 rings (SSSR count). The van der Waals surface area contributed by atoms with Crippen LogP contribution in [0.5, 0.6) is 0 Å². The van der Waals surface area contributed by atoms with Crippen molar-refractivity contribution in [2.75, 3.05) is 26.2 Å². The van der Waals surface area contributed by atoms with Crippen molar-refractivity contribution in [3.8, 4) is 11.3 Å². The average molecular weight is 589 g/mol. The minimum Gasteiger partial charge on any atom is -0.394 e. The topological polar surface area (TPSA) is 129 Å². The number of fused-ring (bicyclic) bond motifs is 1. The Morgan fingerprint density at radius 3 is 2.60 bits per heavy atom. The number of nitrogens with zero attached hydrogens (tertiary/aromatic N) is 4. The monoisotopic (exact) mass is 588 g/mol. The number of imidazole rings is 1. The molecule has 0 aromatic carbocycles. The molecule has 0 unspecified atom stereocenters. The highest BCUT2D eigenvalue weighted by molar-refractivity contribution is 7.08. The quantitative estimate of drug-likeness (QED) is 0.258. The molecule has 0 saturated carbocycles. The minimum atomic E-state index is -0.393. The molecule has 3 N–H and O–H groups in total. The molecule has 11 heteroatoms. The maximum Gasteiger partial charge on any atom is 0.270 e. The predicted octanol–water partition coefficient (Wildman–Crippen LogP) is 3.88. The van der Waals surface area contributed by atoms with Gasteiger partial charge >= 0.3 is 0 Å². The molecule has 1 fully saturated rings. The molecule has 3 amide bonds. The first-order valence-electron chi connectivity index (χ1n) is 14.3. The van der Waals surface area contributed by atoms with E-state index in [0.717, 1.165) is 18.4 Å². The Morgan fingerprint density at radius 1 is 1.12 bits per heavy atom. The van der Waals surface area contributed by atoms with E-state index in [1.165, 1.54) is 11.3 Å². The Balaban J connectivity index is 1.30. The normalized spacial score (nSPS) is 14.7. The first kappa shape index (κ1) is 29.4. The summed E-state index contributed by atoms with van der Waals surface area (Å²) in [6.45, 7) is 5.63. The highest BCUT2D eigenvalue weighted by Crippen LogP contribution is 2.28. The van der Waals surface area contributed by atoms with Gasteiger partial charge < -0.3 is 20.6 Å². The highest BCUT2D eigenvalue weighted by Gasteiger charge is 2.27. The van der Waals surface area contributed by atoms with Gasteiger partial charge in [-0.1, -0.05) is 13.8 Å². The number of rotatable bonds is 10. The Labute approximate surface area is 248 Å². The van der Waals surface area contributed by atoms with Crippen molar-refractivity contribution < 1.29 is 19.5 Å². The van der Waals surface area contributed by atoms with Gasteiger partial charge in [0.2, 0.25) is 0 Å². The van der Waals surface area contributed by atoms with Crippen molar-refractivity contribution in [3.63, 3.8) is 0 Å². The molecular formula is C31H36N6O4S. The van der Waals surface area contributed by atoms with Gasteiger partial charge in [0.25, 0.3) is 17.7 Å². The zero-order valence-electron chi connectivity index (χ0n) is 23.8. The third-order valence-electron chi connectivity index (χ3n) is 7.58. The number of piperidine rings is 1. The molecule has 1 aliphatic heterocycles. The van der Waals surface area contributed by atoms with E-state index in [0.29, 0.717) is 60.1 Å². The van der Waals surface area contributed by atoms with Gasteiger partial charge in [-0.2, -0.15) is 11.3 Å². The fraction of sp³-hybridized carbons (Fsp3) is 0.387. The van der Waals surface area contributed by atoms with Gasteiger partial charge in [-0.25, -0.2) is 4.98 Å². The molecule has 1 atom stereocenters. The van der Waals surface area contributed by atoms with Crippen LogP contribution in [-0.2, 0) is 0 Å². The van der Waals surface area contributed by atoms with Gasteiger partial charge in [0.15, 0.2) is 5.65 Å². The number of thiophene rings is 1. The van der Waals surface area contributed by atoms with Gasteiger partial charge in [-0.3, -0.25) is 23.8 Å². The summed E-state index contributed by atoms with van der Waals surface area (Å²) in [6, 6.07) is 8.47. The van der Waals surface area contributed by atoms with Crippen LogP contribution in [0.3, 0.4) is 0 Å². The van der Waals surface area contributed by atoms with Crippen molar-refractivity contribution in [1.82, 2.24) is 29.9 Å². The SMILES string of the molecule is CC(C)C[C@@H](CO)NC(=O)c1c(-c2ccsc2)nc2c(C(=O)NCC3CCN(C(=O)c4cccnc4)CC3)cccn12. The summed E-state index contributed by atoms with van der Waals surface area (Å²) in [7, 11) is 0. The van der Waals surface area contributed by atoms with Crippen LogP contribution >= 0.6 is 11.3 Å². The molecule has 4 aromatic heterocycles. The molecule has 1 aliphatic rings. The zero-order chi connectivity index (χ0) is 29.6. The Hall–Kier alpha value is -4.09. The van der Waals surface area contributed by atoms with Crippen molar-refractivity contribution in [1.29, 1.82) is 0 Å². The zero-order valence-corrected chi connectivity index (χ0v) is 24.6. The number of aromatic nitrogens is 3. The van der Waals surface area contributed by atoms with Crippen LogP contribution in [0.15, 0.2) is 59.7 Å². The van der Waals surface area contributed by atoms with E-state index in [-0.39, 0.29) is 30.2 Å². The van der Waals surface area contributed by atoms with Crippen LogP contribution in [0.4, 0.5) is 0 Å². The van der Waals surface area contributed by atoms with Crippen molar-refractivity contribution >= 4 is 34.7 Å². The summed E-state index contributed by atoms with van der Waals surface area (Å²) in [4.78, 5) is 50.4. The van der Waals surface area contributed by atoms with E-state index in [9.17, 15) is 19.5 Å². The number of hydrogen-bond acceptors (Lipinski definition) is 7. The maximum absolute atomic E-state index is 13.6. The molecule has 0 aliphatic carbocycles. The number of nitrogens with one attached hydrogen (secondary N) is 2. The third kappa shape index (κ3) is 6.52. The summed E-state index contributed by atoms with van der Waals surface area (Å²) < 4.78 is 1.66.